The van der Waals surface area contributed by atoms with Crippen LogP contribution in [0.1, 0.15) is 0 Å². The molecule has 0 saturated carbocycles. The Bertz CT molecular complexity index is 519. The fourth-order valence-corrected chi connectivity index (χ4v) is 2.45. The highest BCUT2D eigenvalue weighted by molar-refractivity contribution is 6.33. The van der Waals surface area contributed by atoms with Crippen LogP contribution in [0, 0.1) is 10.1 Å². The predicted molar refractivity (Wildman–Crippen MR) is 81.9 cm³/mol. The number of nitro groups is 1. The normalized spacial score (nSPS) is 14.2. The predicted octanol–water partition coefficient (Wildman–Crippen LogP) is -0.740. The van der Waals surface area contributed by atoms with Gasteiger partial charge in [-0.3, -0.25) is 10.1 Å². The first-order valence-electron chi connectivity index (χ1n) is 6.42. The standard InChI is InChI=1S/C13H17ClN4O2.ClH/c1-2-3-16-11-9-12(17-6-4-15-5-7-17)10(14)8-13(11)18(19)20;/h2,8-9,15-16H,1,3-7H2;1H/p-1. The maximum absolute atomic E-state index is 11.1. The summed E-state index contributed by atoms with van der Waals surface area (Å²) < 4.78 is 0. The molecule has 0 spiro atoms. The SMILES string of the molecule is C=CCNc1cc(N2CCNCC2)c(Cl)cc1[N+](=O)[O-].[Cl-]. The van der Waals surface area contributed by atoms with E-state index in [4.69, 9.17) is 11.6 Å². The third kappa shape index (κ3) is 4.23. The Morgan fingerprint density at radius 2 is 2.14 bits per heavy atom. The summed E-state index contributed by atoms with van der Waals surface area (Å²) in [4.78, 5) is 12.8. The zero-order valence-corrected chi connectivity index (χ0v) is 13.0. The number of nitrogens with zero attached hydrogens (tertiary/aromatic N) is 2. The quantitative estimate of drug-likeness (QED) is 0.422. The van der Waals surface area contributed by atoms with Crippen LogP contribution in [0.15, 0.2) is 24.8 Å². The summed E-state index contributed by atoms with van der Waals surface area (Å²) in [7, 11) is 0. The van der Waals surface area contributed by atoms with Gasteiger partial charge >= 0.3 is 0 Å². The maximum Gasteiger partial charge on any atom is 0.293 e. The second-order valence-electron chi connectivity index (χ2n) is 4.48. The Balaban J connectivity index is 0.00000220. The third-order valence-corrected chi connectivity index (χ3v) is 3.46. The zero-order valence-electron chi connectivity index (χ0n) is 11.4. The van der Waals surface area contributed by atoms with Crippen LogP contribution >= 0.6 is 11.6 Å². The lowest BCUT2D eigenvalue weighted by molar-refractivity contribution is -0.383. The Hall–Kier alpha value is -1.50. The molecular formula is C13H17Cl2N4O2-. The highest BCUT2D eigenvalue weighted by Crippen LogP contribution is 2.36. The van der Waals surface area contributed by atoms with Crippen LogP contribution in [-0.2, 0) is 0 Å². The molecule has 0 unspecified atom stereocenters. The van der Waals surface area contributed by atoms with Gasteiger partial charge in [0, 0.05) is 38.8 Å². The molecule has 1 heterocycles. The number of benzene rings is 1. The number of rotatable bonds is 5. The van der Waals surface area contributed by atoms with Gasteiger partial charge in [-0.05, 0) is 6.07 Å². The Morgan fingerprint density at radius 1 is 1.48 bits per heavy atom. The minimum absolute atomic E-state index is 0. The molecule has 8 heteroatoms. The molecule has 0 radical (unpaired) electrons. The van der Waals surface area contributed by atoms with Gasteiger partial charge in [0.15, 0.2) is 0 Å². The summed E-state index contributed by atoms with van der Waals surface area (Å²) in [5.74, 6) is 0. The number of hydrogen-bond donors (Lipinski definition) is 2. The largest absolute Gasteiger partial charge is 1.00 e. The van der Waals surface area contributed by atoms with Crippen molar-refractivity contribution in [3.63, 3.8) is 0 Å². The molecule has 0 aromatic heterocycles. The summed E-state index contributed by atoms with van der Waals surface area (Å²) in [6, 6.07) is 3.15. The summed E-state index contributed by atoms with van der Waals surface area (Å²) in [5, 5.41) is 17.7. The van der Waals surface area contributed by atoms with Crippen molar-refractivity contribution in [1.29, 1.82) is 0 Å². The first-order valence-corrected chi connectivity index (χ1v) is 6.79. The van der Waals surface area contributed by atoms with E-state index in [1.807, 2.05) is 0 Å². The summed E-state index contributed by atoms with van der Waals surface area (Å²) in [6.45, 7) is 7.48. The number of piperazine rings is 1. The lowest BCUT2D eigenvalue weighted by atomic mass is 10.2. The summed E-state index contributed by atoms with van der Waals surface area (Å²) in [6.07, 6.45) is 1.66. The molecule has 0 amide bonds. The molecule has 1 aromatic rings. The Morgan fingerprint density at radius 3 is 2.71 bits per heavy atom. The smallest absolute Gasteiger partial charge is 0.293 e. The topological polar surface area (TPSA) is 70.4 Å². The number of nitrogens with one attached hydrogen (secondary N) is 2. The van der Waals surface area contributed by atoms with Crippen molar-refractivity contribution in [2.24, 2.45) is 0 Å². The average molecular weight is 332 g/mol. The molecule has 1 aromatic carbocycles. The molecule has 0 aliphatic carbocycles. The van der Waals surface area contributed by atoms with Gasteiger partial charge in [0.05, 0.1) is 15.6 Å². The van der Waals surface area contributed by atoms with Crippen LogP contribution in [0.2, 0.25) is 5.02 Å². The highest BCUT2D eigenvalue weighted by atomic mass is 35.5. The van der Waals surface area contributed by atoms with E-state index in [9.17, 15) is 10.1 Å². The van der Waals surface area contributed by atoms with Crippen molar-refractivity contribution in [2.75, 3.05) is 42.9 Å². The molecule has 1 aliphatic rings. The molecule has 116 valence electrons. The molecule has 6 nitrogen and oxygen atoms in total. The molecule has 0 bridgehead atoms. The van der Waals surface area contributed by atoms with Crippen molar-refractivity contribution in [1.82, 2.24) is 5.32 Å². The molecule has 21 heavy (non-hydrogen) atoms. The van der Waals surface area contributed by atoms with Crippen LogP contribution in [0.25, 0.3) is 0 Å². The first kappa shape index (κ1) is 17.6. The Kier molecular flexibility index (Phi) is 6.74. The Labute approximate surface area is 134 Å². The second-order valence-corrected chi connectivity index (χ2v) is 4.89. The second kappa shape index (κ2) is 8.07. The number of nitro benzene ring substituents is 1. The zero-order chi connectivity index (χ0) is 14.5. The van der Waals surface area contributed by atoms with E-state index in [-0.39, 0.29) is 18.1 Å². The average Bonchev–Trinajstić information content (AvgIpc) is 2.46. The van der Waals surface area contributed by atoms with Gasteiger partial charge in [0.25, 0.3) is 5.69 Å². The fourth-order valence-electron chi connectivity index (χ4n) is 2.17. The van der Waals surface area contributed by atoms with E-state index in [1.54, 1.807) is 12.1 Å². The molecular weight excluding hydrogens is 315 g/mol. The van der Waals surface area contributed by atoms with E-state index in [0.29, 0.717) is 17.3 Å². The van der Waals surface area contributed by atoms with E-state index in [0.717, 1.165) is 31.9 Å². The lowest BCUT2D eigenvalue weighted by Gasteiger charge is -2.30. The molecule has 1 aliphatic heterocycles. The van der Waals surface area contributed by atoms with Crippen LogP contribution in [0.3, 0.4) is 0 Å². The van der Waals surface area contributed by atoms with E-state index < -0.39 is 4.92 Å². The number of hydrogen-bond acceptors (Lipinski definition) is 5. The highest BCUT2D eigenvalue weighted by Gasteiger charge is 2.21. The number of anilines is 2. The van der Waals surface area contributed by atoms with Crippen molar-refractivity contribution >= 4 is 28.7 Å². The van der Waals surface area contributed by atoms with Gasteiger partial charge in [-0.25, -0.2) is 0 Å². The van der Waals surface area contributed by atoms with Gasteiger partial charge in [-0.2, -0.15) is 0 Å². The number of halogens is 2. The van der Waals surface area contributed by atoms with Crippen LogP contribution in [-0.4, -0.2) is 37.6 Å². The van der Waals surface area contributed by atoms with Gasteiger partial charge < -0.3 is 27.9 Å². The van der Waals surface area contributed by atoms with Crippen LogP contribution in [0.4, 0.5) is 17.1 Å². The third-order valence-electron chi connectivity index (χ3n) is 3.16. The van der Waals surface area contributed by atoms with Gasteiger partial charge in [-0.15, -0.1) is 6.58 Å². The van der Waals surface area contributed by atoms with Crippen molar-refractivity contribution < 1.29 is 17.3 Å². The molecule has 0 atom stereocenters. The van der Waals surface area contributed by atoms with E-state index in [1.165, 1.54) is 6.07 Å². The minimum Gasteiger partial charge on any atom is -1.00 e. The van der Waals surface area contributed by atoms with Crippen molar-refractivity contribution in [3.8, 4) is 0 Å². The van der Waals surface area contributed by atoms with Crippen LogP contribution in [0.5, 0.6) is 0 Å². The van der Waals surface area contributed by atoms with Gasteiger partial charge in [-0.1, -0.05) is 17.7 Å². The maximum atomic E-state index is 11.1. The van der Waals surface area contributed by atoms with Gasteiger partial charge in [0.2, 0.25) is 0 Å². The van der Waals surface area contributed by atoms with E-state index >= 15 is 0 Å². The summed E-state index contributed by atoms with van der Waals surface area (Å²) in [5.41, 5.74) is 1.27. The molecule has 1 saturated heterocycles. The lowest BCUT2D eigenvalue weighted by Crippen LogP contribution is -3.00. The van der Waals surface area contributed by atoms with Crippen LogP contribution < -0.4 is 27.9 Å². The minimum atomic E-state index is -0.432. The first-order chi connectivity index (χ1) is 9.63. The molecule has 2 rings (SSSR count). The molecule has 1 fully saturated rings. The summed E-state index contributed by atoms with van der Waals surface area (Å²) >= 11 is 6.20. The van der Waals surface area contributed by atoms with Gasteiger partial charge in [0.1, 0.15) is 5.69 Å². The molecule has 2 N–H and O–H groups in total. The monoisotopic (exact) mass is 331 g/mol. The fraction of sp³-hybridized carbons (Fsp3) is 0.385. The van der Waals surface area contributed by atoms with Crippen molar-refractivity contribution in [2.45, 2.75) is 0 Å². The van der Waals surface area contributed by atoms with E-state index in [2.05, 4.69) is 22.1 Å². The van der Waals surface area contributed by atoms with Crippen molar-refractivity contribution in [3.05, 3.63) is 39.9 Å².